The number of carbonyl (C=O) groups is 2. The van der Waals surface area contributed by atoms with Gasteiger partial charge in [-0.3, -0.25) is 9.59 Å². The number of ether oxygens (including phenoxy) is 2. The molecule has 0 radical (unpaired) electrons. The molecule has 0 aromatic heterocycles. The molecule has 3 unspecified atom stereocenters. The maximum Gasteiger partial charge on any atom is 0.308 e. The van der Waals surface area contributed by atoms with E-state index in [0.717, 1.165) is 0 Å². The predicted octanol–water partition coefficient (Wildman–Crippen LogP) is 1.14. The molecule has 1 fully saturated rings. The lowest BCUT2D eigenvalue weighted by atomic mass is 9.93. The SMILES string of the molecule is CCOCCOC(C)C(=O)N1CC(C(=O)O)CCC1C. The van der Waals surface area contributed by atoms with E-state index >= 15 is 0 Å². The number of rotatable bonds is 7. The summed E-state index contributed by atoms with van der Waals surface area (Å²) in [6.45, 7) is 7.26. The molecule has 0 saturated carbocycles. The van der Waals surface area contributed by atoms with Crippen LogP contribution in [0.3, 0.4) is 0 Å². The Balaban J connectivity index is 2.48. The van der Waals surface area contributed by atoms with Gasteiger partial charge in [0.1, 0.15) is 6.10 Å². The fourth-order valence-corrected chi connectivity index (χ4v) is 2.35. The summed E-state index contributed by atoms with van der Waals surface area (Å²) in [5, 5.41) is 9.08. The quantitative estimate of drug-likeness (QED) is 0.711. The van der Waals surface area contributed by atoms with E-state index in [4.69, 9.17) is 14.6 Å². The number of amides is 1. The number of aliphatic carboxylic acids is 1. The van der Waals surface area contributed by atoms with Crippen LogP contribution in [0.25, 0.3) is 0 Å². The summed E-state index contributed by atoms with van der Waals surface area (Å²) >= 11 is 0. The standard InChI is InChI=1S/C14H25NO5/c1-4-19-7-8-20-11(3)13(16)15-9-12(14(17)18)6-5-10(15)2/h10-12H,4-9H2,1-3H3,(H,17,18). The second kappa shape index (κ2) is 8.21. The van der Waals surface area contributed by atoms with Gasteiger partial charge in [0.2, 0.25) is 0 Å². The number of hydrogen-bond donors (Lipinski definition) is 1. The van der Waals surface area contributed by atoms with Crippen LogP contribution in [0.15, 0.2) is 0 Å². The molecule has 1 heterocycles. The molecule has 0 aliphatic carbocycles. The summed E-state index contributed by atoms with van der Waals surface area (Å²) < 4.78 is 10.6. The van der Waals surface area contributed by atoms with Crippen LogP contribution < -0.4 is 0 Å². The van der Waals surface area contributed by atoms with Crippen molar-refractivity contribution in [1.29, 1.82) is 0 Å². The Bertz CT molecular complexity index is 334. The first-order valence-corrected chi connectivity index (χ1v) is 7.20. The van der Waals surface area contributed by atoms with Crippen molar-refractivity contribution in [2.24, 2.45) is 5.92 Å². The van der Waals surface area contributed by atoms with Crippen molar-refractivity contribution in [1.82, 2.24) is 4.90 Å². The average molecular weight is 287 g/mol. The van der Waals surface area contributed by atoms with Gasteiger partial charge in [-0.15, -0.1) is 0 Å². The van der Waals surface area contributed by atoms with E-state index < -0.39 is 18.0 Å². The zero-order valence-corrected chi connectivity index (χ0v) is 12.5. The summed E-state index contributed by atoms with van der Waals surface area (Å²) in [7, 11) is 0. The Hall–Kier alpha value is -1.14. The highest BCUT2D eigenvalue weighted by molar-refractivity contribution is 5.82. The third-order valence-corrected chi connectivity index (χ3v) is 3.66. The zero-order valence-electron chi connectivity index (χ0n) is 12.5. The normalized spacial score (nSPS) is 24.4. The number of carboxylic acids is 1. The van der Waals surface area contributed by atoms with Gasteiger partial charge in [-0.25, -0.2) is 0 Å². The fraction of sp³-hybridized carbons (Fsp3) is 0.857. The molecule has 0 spiro atoms. The molecule has 1 aliphatic heterocycles. The van der Waals surface area contributed by atoms with E-state index in [1.807, 2.05) is 13.8 Å². The lowest BCUT2D eigenvalue weighted by Gasteiger charge is -2.37. The number of hydrogen-bond acceptors (Lipinski definition) is 4. The van der Waals surface area contributed by atoms with Crippen molar-refractivity contribution in [3.05, 3.63) is 0 Å². The minimum Gasteiger partial charge on any atom is -0.481 e. The Morgan fingerprint density at radius 2 is 2.05 bits per heavy atom. The Kier molecular flexibility index (Phi) is 6.95. The second-order valence-electron chi connectivity index (χ2n) is 5.16. The lowest BCUT2D eigenvalue weighted by Crippen LogP contribution is -2.50. The van der Waals surface area contributed by atoms with Crippen molar-refractivity contribution in [3.8, 4) is 0 Å². The molecule has 0 aromatic carbocycles. The lowest BCUT2D eigenvalue weighted by molar-refractivity contribution is -0.152. The summed E-state index contributed by atoms with van der Waals surface area (Å²) in [5.41, 5.74) is 0. The van der Waals surface area contributed by atoms with Gasteiger partial charge in [-0.05, 0) is 33.6 Å². The van der Waals surface area contributed by atoms with E-state index in [2.05, 4.69) is 0 Å². The summed E-state index contributed by atoms with van der Waals surface area (Å²) in [6.07, 6.45) is 0.777. The van der Waals surface area contributed by atoms with Gasteiger partial charge in [0.25, 0.3) is 5.91 Å². The van der Waals surface area contributed by atoms with Crippen molar-refractivity contribution < 1.29 is 24.2 Å². The van der Waals surface area contributed by atoms with Crippen molar-refractivity contribution in [3.63, 3.8) is 0 Å². The number of piperidine rings is 1. The van der Waals surface area contributed by atoms with Crippen LogP contribution >= 0.6 is 0 Å². The van der Waals surface area contributed by atoms with Gasteiger partial charge in [0.05, 0.1) is 19.1 Å². The first-order valence-electron chi connectivity index (χ1n) is 7.20. The molecule has 1 rings (SSSR count). The highest BCUT2D eigenvalue weighted by Crippen LogP contribution is 2.23. The predicted molar refractivity (Wildman–Crippen MR) is 73.4 cm³/mol. The monoisotopic (exact) mass is 287 g/mol. The zero-order chi connectivity index (χ0) is 15.1. The molecule has 6 nitrogen and oxygen atoms in total. The summed E-state index contributed by atoms with van der Waals surface area (Å²) in [5.74, 6) is -1.44. The number of likely N-dealkylation sites (tertiary alicyclic amines) is 1. The van der Waals surface area contributed by atoms with Gasteiger partial charge < -0.3 is 19.5 Å². The molecular weight excluding hydrogens is 262 g/mol. The number of carbonyl (C=O) groups excluding carboxylic acids is 1. The molecular formula is C14H25NO5. The minimum absolute atomic E-state index is 0.0658. The Labute approximate surface area is 120 Å². The number of carboxylic acid groups (broad SMARTS) is 1. The van der Waals surface area contributed by atoms with Crippen LogP contribution in [0.2, 0.25) is 0 Å². The molecule has 0 aromatic rings. The second-order valence-corrected chi connectivity index (χ2v) is 5.16. The average Bonchev–Trinajstić information content (AvgIpc) is 2.42. The largest absolute Gasteiger partial charge is 0.481 e. The van der Waals surface area contributed by atoms with E-state index in [0.29, 0.717) is 32.7 Å². The summed E-state index contributed by atoms with van der Waals surface area (Å²) in [6, 6.07) is 0.0658. The molecule has 1 N–H and O–H groups in total. The van der Waals surface area contributed by atoms with Crippen LogP contribution in [0.1, 0.15) is 33.6 Å². The Morgan fingerprint density at radius 3 is 2.65 bits per heavy atom. The molecule has 20 heavy (non-hydrogen) atoms. The molecule has 0 bridgehead atoms. The van der Waals surface area contributed by atoms with Gasteiger partial charge >= 0.3 is 5.97 Å². The van der Waals surface area contributed by atoms with Crippen LogP contribution in [0.5, 0.6) is 0 Å². The molecule has 1 aliphatic rings. The maximum absolute atomic E-state index is 12.3. The molecule has 1 amide bonds. The van der Waals surface area contributed by atoms with E-state index in [1.54, 1.807) is 11.8 Å². The summed E-state index contributed by atoms with van der Waals surface area (Å²) in [4.78, 5) is 25.0. The van der Waals surface area contributed by atoms with Crippen molar-refractivity contribution in [2.45, 2.75) is 45.8 Å². The topological polar surface area (TPSA) is 76.1 Å². The molecule has 3 atom stereocenters. The fourth-order valence-electron chi connectivity index (χ4n) is 2.35. The first kappa shape index (κ1) is 16.9. The van der Waals surface area contributed by atoms with Crippen LogP contribution in [0.4, 0.5) is 0 Å². The highest BCUT2D eigenvalue weighted by atomic mass is 16.5. The van der Waals surface area contributed by atoms with Gasteiger partial charge in [0, 0.05) is 19.2 Å². The molecule has 116 valence electrons. The third-order valence-electron chi connectivity index (χ3n) is 3.66. The van der Waals surface area contributed by atoms with E-state index in [9.17, 15) is 9.59 Å². The minimum atomic E-state index is -0.834. The first-order chi connectivity index (χ1) is 9.47. The highest BCUT2D eigenvalue weighted by Gasteiger charge is 2.34. The van der Waals surface area contributed by atoms with Gasteiger partial charge in [0.15, 0.2) is 0 Å². The van der Waals surface area contributed by atoms with Crippen molar-refractivity contribution in [2.75, 3.05) is 26.4 Å². The maximum atomic E-state index is 12.3. The molecule has 1 saturated heterocycles. The van der Waals surface area contributed by atoms with Crippen molar-refractivity contribution >= 4 is 11.9 Å². The van der Waals surface area contributed by atoms with E-state index in [1.165, 1.54) is 0 Å². The van der Waals surface area contributed by atoms with Gasteiger partial charge in [-0.1, -0.05) is 0 Å². The smallest absolute Gasteiger partial charge is 0.308 e. The van der Waals surface area contributed by atoms with Crippen LogP contribution in [0, 0.1) is 5.92 Å². The Morgan fingerprint density at radius 1 is 1.35 bits per heavy atom. The van der Waals surface area contributed by atoms with E-state index in [-0.39, 0.29) is 18.5 Å². The molecule has 6 heteroatoms. The van der Waals surface area contributed by atoms with Crippen LogP contribution in [-0.4, -0.2) is 60.4 Å². The number of nitrogens with zero attached hydrogens (tertiary/aromatic N) is 1. The van der Waals surface area contributed by atoms with Gasteiger partial charge in [-0.2, -0.15) is 0 Å². The third kappa shape index (κ3) is 4.76. The van der Waals surface area contributed by atoms with Crippen LogP contribution in [-0.2, 0) is 19.1 Å².